The summed E-state index contributed by atoms with van der Waals surface area (Å²) in [6, 6.07) is 0. The Morgan fingerprint density at radius 3 is 1.79 bits per heavy atom. The molecule has 0 aromatic rings. The Morgan fingerprint density at radius 1 is 0.895 bits per heavy atom. The first-order valence-corrected chi connectivity index (χ1v) is 7.51. The van der Waals surface area contributed by atoms with Crippen molar-refractivity contribution in [3.8, 4) is 0 Å². The van der Waals surface area contributed by atoms with Crippen LogP contribution in [0.1, 0.15) is 52.4 Å². The second-order valence-electron chi connectivity index (χ2n) is 5.13. The van der Waals surface area contributed by atoms with E-state index in [-0.39, 0.29) is 12.2 Å². The molecule has 2 atom stereocenters. The quantitative estimate of drug-likeness (QED) is 0.692. The summed E-state index contributed by atoms with van der Waals surface area (Å²) < 4.78 is 27.9. The van der Waals surface area contributed by atoms with Crippen molar-refractivity contribution in [2.75, 3.05) is 13.2 Å². The fourth-order valence-electron chi connectivity index (χ4n) is 2.42. The largest absolute Gasteiger partial charge is 0.627 e. The maximum absolute atomic E-state index is 5.72. The minimum absolute atomic E-state index is 0.221. The van der Waals surface area contributed by atoms with Gasteiger partial charge < -0.3 is 23.2 Å². The van der Waals surface area contributed by atoms with E-state index in [1.165, 1.54) is 0 Å². The zero-order chi connectivity index (χ0) is 13.5. The SMILES string of the molecule is CCCC1CCOB(OB2OCCC(CCC)O2)O1. The van der Waals surface area contributed by atoms with E-state index in [1.807, 2.05) is 0 Å². The minimum Gasteiger partial charge on any atom is -0.399 e. The fraction of sp³-hybridized carbons (Fsp3) is 1.00. The van der Waals surface area contributed by atoms with Crippen LogP contribution in [-0.4, -0.2) is 40.1 Å². The third-order valence-electron chi connectivity index (χ3n) is 3.44. The molecule has 19 heavy (non-hydrogen) atoms. The van der Waals surface area contributed by atoms with Crippen molar-refractivity contribution in [2.24, 2.45) is 0 Å². The van der Waals surface area contributed by atoms with Crippen LogP contribution < -0.4 is 0 Å². The van der Waals surface area contributed by atoms with E-state index in [0.717, 1.165) is 38.5 Å². The number of hydrogen-bond acceptors (Lipinski definition) is 5. The van der Waals surface area contributed by atoms with Gasteiger partial charge in [0.05, 0.1) is 0 Å². The van der Waals surface area contributed by atoms with Gasteiger partial charge in [0, 0.05) is 25.4 Å². The molecule has 0 saturated carbocycles. The Bertz CT molecular complexity index is 228. The smallest absolute Gasteiger partial charge is 0.399 e. The van der Waals surface area contributed by atoms with Crippen molar-refractivity contribution in [1.82, 2.24) is 0 Å². The molecule has 2 aliphatic heterocycles. The van der Waals surface area contributed by atoms with Crippen LogP contribution >= 0.6 is 0 Å². The molecular formula is C12H24B2O5. The summed E-state index contributed by atoms with van der Waals surface area (Å²) in [6.07, 6.45) is 6.58. The van der Waals surface area contributed by atoms with Crippen LogP contribution in [0.3, 0.4) is 0 Å². The molecule has 2 fully saturated rings. The topological polar surface area (TPSA) is 46.2 Å². The molecule has 7 heteroatoms. The van der Waals surface area contributed by atoms with E-state index >= 15 is 0 Å². The Hall–Kier alpha value is -0.0701. The highest BCUT2D eigenvalue weighted by molar-refractivity contribution is 6.52. The Morgan fingerprint density at radius 2 is 1.37 bits per heavy atom. The van der Waals surface area contributed by atoms with Crippen molar-refractivity contribution in [3.63, 3.8) is 0 Å². The zero-order valence-corrected chi connectivity index (χ0v) is 12.0. The van der Waals surface area contributed by atoms with Crippen LogP contribution in [0.25, 0.3) is 0 Å². The third-order valence-corrected chi connectivity index (χ3v) is 3.44. The predicted octanol–water partition coefficient (Wildman–Crippen LogP) is 2.18. The van der Waals surface area contributed by atoms with Crippen LogP contribution in [0.4, 0.5) is 0 Å². The average molecular weight is 270 g/mol. The molecule has 0 aliphatic carbocycles. The first-order valence-electron chi connectivity index (χ1n) is 7.51. The minimum atomic E-state index is -0.657. The van der Waals surface area contributed by atoms with Gasteiger partial charge in [0.2, 0.25) is 0 Å². The van der Waals surface area contributed by atoms with Crippen LogP contribution in [0.5, 0.6) is 0 Å². The standard InChI is InChI=1S/C12H24B2O5/c1-3-5-11-7-9-15-13(17-11)19-14-16-10-8-12(18-14)6-4-2/h11-12H,3-10H2,1-2H3. The summed E-state index contributed by atoms with van der Waals surface area (Å²) in [5, 5.41) is 0. The van der Waals surface area contributed by atoms with Gasteiger partial charge in [-0.15, -0.1) is 0 Å². The highest BCUT2D eigenvalue weighted by atomic mass is 16.8. The second-order valence-corrected chi connectivity index (χ2v) is 5.13. The van der Waals surface area contributed by atoms with E-state index in [2.05, 4.69) is 13.8 Å². The van der Waals surface area contributed by atoms with Crippen molar-refractivity contribution in [2.45, 2.75) is 64.6 Å². The maximum atomic E-state index is 5.72. The lowest BCUT2D eigenvalue weighted by Gasteiger charge is -2.31. The molecule has 2 aliphatic rings. The van der Waals surface area contributed by atoms with Gasteiger partial charge >= 0.3 is 14.6 Å². The van der Waals surface area contributed by atoms with Gasteiger partial charge in [-0.1, -0.05) is 26.7 Å². The first kappa shape index (κ1) is 15.3. The average Bonchev–Trinajstić information content (AvgIpc) is 2.40. The van der Waals surface area contributed by atoms with Crippen molar-refractivity contribution in [3.05, 3.63) is 0 Å². The van der Waals surface area contributed by atoms with Gasteiger partial charge in [-0.2, -0.15) is 0 Å². The number of hydrogen-bond donors (Lipinski definition) is 0. The molecule has 2 unspecified atom stereocenters. The molecule has 0 spiro atoms. The molecule has 0 bridgehead atoms. The van der Waals surface area contributed by atoms with Crippen molar-refractivity contribution < 1.29 is 23.2 Å². The lowest BCUT2D eigenvalue weighted by molar-refractivity contribution is -0.0142. The van der Waals surface area contributed by atoms with Gasteiger partial charge in [-0.25, -0.2) is 0 Å². The molecule has 0 amide bonds. The first-order chi connectivity index (χ1) is 9.31. The molecule has 2 heterocycles. The Labute approximate surface area is 116 Å². The molecule has 0 aromatic heterocycles. The van der Waals surface area contributed by atoms with Crippen LogP contribution in [0.2, 0.25) is 0 Å². The summed E-state index contributed by atoms with van der Waals surface area (Å²) >= 11 is 0. The van der Waals surface area contributed by atoms with Gasteiger partial charge in [0.1, 0.15) is 0 Å². The zero-order valence-electron chi connectivity index (χ0n) is 12.0. The van der Waals surface area contributed by atoms with Gasteiger partial charge in [0.15, 0.2) is 0 Å². The predicted molar refractivity (Wildman–Crippen MR) is 73.3 cm³/mol. The molecule has 5 nitrogen and oxygen atoms in total. The lowest BCUT2D eigenvalue weighted by Crippen LogP contribution is -2.47. The molecule has 0 radical (unpaired) electrons. The molecule has 108 valence electrons. The van der Waals surface area contributed by atoms with E-state index in [9.17, 15) is 0 Å². The summed E-state index contributed by atoms with van der Waals surface area (Å²) in [5.41, 5.74) is 0. The van der Waals surface area contributed by atoms with E-state index < -0.39 is 14.6 Å². The third kappa shape index (κ3) is 5.08. The van der Waals surface area contributed by atoms with E-state index in [1.54, 1.807) is 0 Å². The number of rotatable bonds is 6. The van der Waals surface area contributed by atoms with E-state index in [4.69, 9.17) is 23.2 Å². The maximum Gasteiger partial charge on any atom is 0.627 e. The normalized spacial score (nSPS) is 28.7. The molecule has 2 rings (SSSR count). The van der Waals surface area contributed by atoms with Crippen molar-refractivity contribution in [1.29, 1.82) is 0 Å². The van der Waals surface area contributed by atoms with Crippen molar-refractivity contribution >= 4 is 14.6 Å². The molecule has 0 N–H and O–H groups in total. The van der Waals surface area contributed by atoms with Crippen LogP contribution in [-0.2, 0) is 23.2 Å². The monoisotopic (exact) mass is 270 g/mol. The highest BCUT2D eigenvalue weighted by Crippen LogP contribution is 2.19. The summed E-state index contributed by atoms with van der Waals surface area (Å²) in [4.78, 5) is 0. The van der Waals surface area contributed by atoms with Gasteiger partial charge in [0.25, 0.3) is 0 Å². The van der Waals surface area contributed by atoms with E-state index in [0.29, 0.717) is 13.2 Å². The van der Waals surface area contributed by atoms with Gasteiger partial charge in [-0.3, -0.25) is 0 Å². The van der Waals surface area contributed by atoms with Crippen LogP contribution in [0.15, 0.2) is 0 Å². The highest BCUT2D eigenvalue weighted by Gasteiger charge is 2.39. The molecular weight excluding hydrogens is 246 g/mol. The summed E-state index contributed by atoms with van der Waals surface area (Å²) in [6.45, 7) is 5.63. The summed E-state index contributed by atoms with van der Waals surface area (Å²) in [7, 11) is -1.31. The summed E-state index contributed by atoms with van der Waals surface area (Å²) in [5.74, 6) is 0. The Balaban J connectivity index is 1.73. The van der Waals surface area contributed by atoms with Crippen LogP contribution in [0, 0.1) is 0 Å². The molecule has 2 saturated heterocycles. The fourth-order valence-corrected chi connectivity index (χ4v) is 2.42. The lowest BCUT2D eigenvalue weighted by atomic mass is 10.0. The Kier molecular flexibility index (Phi) is 6.67. The molecule has 0 aromatic carbocycles. The van der Waals surface area contributed by atoms with Gasteiger partial charge in [-0.05, 0) is 25.7 Å². The second kappa shape index (κ2) is 8.27.